The highest BCUT2D eigenvalue weighted by Crippen LogP contribution is 2.33. The number of hydrogen-bond acceptors (Lipinski definition) is 7. The Hall–Kier alpha value is -3.83. The fourth-order valence-corrected chi connectivity index (χ4v) is 4.43. The van der Waals surface area contributed by atoms with Crippen molar-refractivity contribution in [1.29, 1.82) is 0 Å². The van der Waals surface area contributed by atoms with E-state index in [-0.39, 0.29) is 5.69 Å². The van der Waals surface area contributed by atoms with E-state index < -0.39 is 30.1 Å². The second-order valence-electron chi connectivity index (χ2n) is 9.89. The van der Waals surface area contributed by atoms with Crippen molar-refractivity contribution < 1.29 is 23.4 Å². The maximum absolute atomic E-state index is 14.1. The van der Waals surface area contributed by atoms with Crippen molar-refractivity contribution in [3.63, 3.8) is 0 Å². The van der Waals surface area contributed by atoms with Gasteiger partial charge in [0.25, 0.3) is 0 Å². The van der Waals surface area contributed by atoms with Gasteiger partial charge in [-0.3, -0.25) is 4.98 Å². The van der Waals surface area contributed by atoms with Crippen molar-refractivity contribution in [3.8, 4) is 11.3 Å². The van der Waals surface area contributed by atoms with E-state index in [0.717, 1.165) is 16.3 Å². The molecule has 0 saturated carbocycles. The van der Waals surface area contributed by atoms with Crippen molar-refractivity contribution in [3.05, 3.63) is 71.3 Å². The Bertz CT molecular complexity index is 1500. The van der Waals surface area contributed by atoms with Crippen molar-refractivity contribution >= 4 is 22.9 Å². The molecule has 0 unspecified atom stereocenters. The van der Waals surface area contributed by atoms with Crippen molar-refractivity contribution in [2.24, 2.45) is 0 Å². The van der Waals surface area contributed by atoms with Crippen LogP contribution in [0.15, 0.2) is 48.4 Å². The van der Waals surface area contributed by atoms with Gasteiger partial charge < -0.3 is 15.1 Å². The van der Waals surface area contributed by atoms with Crippen LogP contribution >= 0.6 is 0 Å². The predicted molar refractivity (Wildman–Crippen MR) is 137 cm³/mol. The summed E-state index contributed by atoms with van der Waals surface area (Å²) in [5, 5.41) is 24.7. The first kappa shape index (κ1) is 25.8. The molecule has 0 amide bonds. The Morgan fingerprint density at radius 3 is 2.50 bits per heavy atom. The molecule has 1 fully saturated rings. The number of rotatable bonds is 6. The quantitative estimate of drug-likeness (QED) is 0.381. The van der Waals surface area contributed by atoms with Gasteiger partial charge in [-0.1, -0.05) is 11.6 Å². The van der Waals surface area contributed by atoms with E-state index in [1.165, 1.54) is 38.4 Å². The molecule has 0 spiro atoms. The molecule has 2 N–H and O–H groups in total. The van der Waals surface area contributed by atoms with Gasteiger partial charge in [0.15, 0.2) is 12.6 Å². The third kappa shape index (κ3) is 5.25. The lowest BCUT2D eigenvalue weighted by Gasteiger charge is -2.31. The first-order valence-electron chi connectivity index (χ1n) is 12.2. The third-order valence-electron chi connectivity index (χ3n) is 6.56. The van der Waals surface area contributed by atoms with Gasteiger partial charge in [0.1, 0.15) is 28.9 Å². The van der Waals surface area contributed by atoms with Gasteiger partial charge in [0.05, 0.1) is 29.2 Å². The predicted octanol–water partition coefficient (Wildman–Crippen LogP) is 4.58. The second-order valence-corrected chi connectivity index (χ2v) is 9.89. The molecule has 1 atom stereocenters. The van der Waals surface area contributed by atoms with Crippen LogP contribution in [0.25, 0.3) is 28.4 Å². The van der Waals surface area contributed by atoms with Crippen LogP contribution in [-0.4, -0.2) is 53.6 Å². The van der Waals surface area contributed by atoms with E-state index in [1.807, 2.05) is 4.90 Å². The monoisotopic (exact) mass is 524 g/mol. The zero-order valence-electron chi connectivity index (χ0n) is 20.9. The molecule has 0 aliphatic carbocycles. The summed E-state index contributed by atoms with van der Waals surface area (Å²) in [4.78, 5) is 15.9. The molecule has 1 aliphatic rings. The van der Waals surface area contributed by atoms with Crippen LogP contribution in [0.5, 0.6) is 0 Å². The number of halogens is 3. The summed E-state index contributed by atoms with van der Waals surface area (Å²) < 4.78 is 41.8. The molecule has 5 rings (SSSR count). The number of hydrogen-bond donors (Lipinski definition) is 2. The van der Waals surface area contributed by atoms with Crippen LogP contribution in [0.2, 0.25) is 0 Å². The molecule has 0 bridgehead atoms. The number of alkyl halides is 1. The largest absolute Gasteiger partial charge is 0.387 e. The van der Waals surface area contributed by atoms with Crippen molar-refractivity contribution in [2.75, 3.05) is 18.0 Å². The summed E-state index contributed by atoms with van der Waals surface area (Å²) >= 11 is 0. The maximum atomic E-state index is 14.1. The molecular weight excluding hydrogens is 497 g/mol. The van der Waals surface area contributed by atoms with Crippen LogP contribution in [0.1, 0.15) is 44.1 Å². The molecule has 198 valence electrons. The minimum absolute atomic E-state index is 0.248. The summed E-state index contributed by atoms with van der Waals surface area (Å²) in [6, 6.07) is 5.11. The molecule has 1 saturated heterocycles. The lowest BCUT2D eigenvalue weighted by molar-refractivity contribution is -0.0516. The van der Waals surface area contributed by atoms with Crippen molar-refractivity contribution in [1.82, 2.24) is 24.7 Å². The maximum Gasteiger partial charge on any atom is 0.181 e. The van der Waals surface area contributed by atoms with Gasteiger partial charge in [-0.05, 0) is 44.9 Å². The lowest BCUT2D eigenvalue weighted by Crippen LogP contribution is -2.32. The number of fused-ring (bicyclic) bond motifs is 1. The van der Waals surface area contributed by atoms with Crippen LogP contribution < -0.4 is 4.90 Å². The Balaban J connectivity index is 1.49. The molecular formula is C27H27F3N6O2. The van der Waals surface area contributed by atoms with Crippen LogP contribution in [0.3, 0.4) is 0 Å². The molecule has 11 heteroatoms. The first-order valence-corrected chi connectivity index (χ1v) is 12.2. The lowest BCUT2D eigenvalue weighted by atomic mass is 9.98. The highest BCUT2D eigenvalue weighted by molar-refractivity contribution is 5.83. The van der Waals surface area contributed by atoms with Gasteiger partial charge in [0.2, 0.25) is 0 Å². The van der Waals surface area contributed by atoms with Gasteiger partial charge in [0, 0.05) is 36.5 Å². The van der Waals surface area contributed by atoms with Gasteiger partial charge in [-0.25, -0.2) is 27.8 Å². The van der Waals surface area contributed by atoms with E-state index in [2.05, 4.69) is 10.1 Å². The average Bonchev–Trinajstić information content (AvgIpc) is 3.38. The minimum Gasteiger partial charge on any atom is -0.387 e. The van der Waals surface area contributed by atoms with E-state index >= 15 is 0 Å². The van der Waals surface area contributed by atoms with Gasteiger partial charge in [-0.2, -0.15) is 5.10 Å². The molecule has 4 heterocycles. The van der Waals surface area contributed by atoms with Crippen LogP contribution in [-0.2, 0) is 6.80 Å². The van der Waals surface area contributed by atoms with Gasteiger partial charge >= 0.3 is 0 Å². The highest BCUT2D eigenvalue weighted by atomic mass is 19.1. The number of pyridine rings is 1. The Kier molecular flexibility index (Phi) is 6.89. The van der Waals surface area contributed by atoms with Crippen LogP contribution in [0.4, 0.5) is 19.0 Å². The number of aromatic nitrogens is 5. The van der Waals surface area contributed by atoms with E-state index in [1.54, 1.807) is 18.3 Å². The number of nitrogens with zero attached hydrogens (tertiary/aromatic N) is 6. The Morgan fingerprint density at radius 1 is 1.08 bits per heavy atom. The second kappa shape index (κ2) is 10.1. The van der Waals surface area contributed by atoms with E-state index in [0.29, 0.717) is 59.6 Å². The summed E-state index contributed by atoms with van der Waals surface area (Å²) in [5.74, 6) is -0.649. The molecule has 38 heavy (non-hydrogen) atoms. The Labute approximate surface area is 217 Å². The molecule has 0 radical (unpaired) electrons. The number of benzene rings is 1. The van der Waals surface area contributed by atoms with E-state index in [9.17, 15) is 23.4 Å². The smallest absolute Gasteiger partial charge is 0.181 e. The summed E-state index contributed by atoms with van der Waals surface area (Å²) in [5.41, 5.74) is 2.21. The number of aliphatic hydroxyl groups is 2. The SMILES string of the molecule is CC(C)(O)[C@@H](O)c1cc2nc(-c3cnn(CF)c3)c(N3CCC(=Cc4ccc(F)cc4F)CC3)nc2cn1. The molecule has 1 aliphatic heterocycles. The first-order chi connectivity index (χ1) is 18.1. The molecule has 4 aromatic rings. The normalized spacial score (nSPS) is 15.2. The summed E-state index contributed by atoms with van der Waals surface area (Å²) in [6.07, 6.45) is 6.34. The standard InChI is InChI=1S/C27H27F3N6O2/c1-27(2,38)25(37)22-11-21-23(13-31-22)34-26(24(33-21)18-12-32-36(14-18)15-28)35-7-5-16(6-8-35)9-17-3-4-19(29)10-20(17)30/h3-4,9-14,25,37-38H,5-8,15H2,1-2H3/t25-/m0/s1. The fourth-order valence-electron chi connectivity index (χ4n) is 4.43. The minimum atomic E-state index is -1.41. The third-order valence-corrected chi connectivity index (χ3v) is 6.56. The molecule has 3 aromatic heterocycles. The topological polar surface area (TPSA) is 100 Å². The summed E-state index contributed by atoms with van der Waals surface area (Å²) in [6.45, 7) is 3.32. The zero-order valence-corrected chi connectivity index (χ0v) is 20.9. The fraction of sp³-hybridized carbons (Fsp3) is 0.333. The molecule has 8 nitrogen and oxygen atoms in total. The van der Waals surface area contributed by atoms with E-state index in [4.69, 9.17) is 9.97 Å². The average molecular weight is 525 g/mol. The molecule has 1 aromatic carbocycles. The highest BCUT2D eigenvalue weighted by Gasteiger charge is 2.28. The van der Waals surface area contributed by atoms with Crippen LogP contribution in [0, 0.1) is 11.6 Å². The zero-order chi connectivity index (χ0) is 27.0. The van der Waals surface area contributed by atoms with Gasteiger partial charge in [-0.15, -0.1) is 0 Å². The van der Waals surface area contributed by atoms with Crippen molar-refractivity contribution in [2.45, 2.75) is 45.2 Å². The summed E-state index contributed by atoms with van der Waals surface area (Å²) in [7, 11) is 0. The Morgan fingerprint density at radius 2 is 1.84 bits per heavy atom. The number of piperidine rings is 1. The number of anilines is 1. The number of aliphatic hydroxyl groups excluding tert-OH is 1.